The molecule has 0 bridgehead atoms. The molecule has 1 saturated carbocycles. The Morgan fingerprint density at radius 3 is 2.80 bits per heavy atom. The van der Waals surface area contributed by atoms with Crippen LogP contribution in [0.1, 0.15) is 19.3 Å². The first kappa shape index (κ1) is 10.9. The van der Waals surface area contributed by atoms with Gasteiger partial charge in [0, 0.05) is 13.1 Å². The molecule has 0 aromatic carbocycles. The van der Waals surface area contributed by atoms with Gasteiger partial charge in [-0.15, -0.1) is 0 Å². The minimum atomic E-state index is 0.198. The van der Waals surface area contributed by atoms with E-state index >= 15 is 0 Å². The van der Waals surface area contributed by atoms with Gasteiger partial charge in [-0.25, -0.2) is 0 Å². The van der Waals surface area contributed by atoms with Crippen molar-refractivity contribution >= 4 is 5.91 Å². The molecule has 0 aromatic rings. The molecule has 0 radical (unpaired) electrons. The second-order valence-corrected chi connectivity index (χ2v) is 5.17. The highest BCUT2D eigenvalue weighted by molar-refractivity contribution is 5.79. The fourth-order valence-electron chi connectivity index (χ4n) is 2.20. The van der Waals surface area contributed by atoms with Crippen LogP contribution in [0.3, 0.4) is 0 Å². The molecule has 1 aliphatic heterocycles. The topological polar surface area (TPSA) is 58.4 Å². The second-order valence-electron chi connectivity index (χ2n) is 5.17. The number of nitrogens with zero attached hydrogens (tertiary/aromatic N) is 1. The van der Waals surface area contributed by atoms with Crippen LogP contribution in [0.2, 0.25) is 0 Å². The lowest BCUT2D eigenvalue weighted by atomic mass is 10.1. The summed E-state index contributed by atoms with van der Waals surface area (Å²) < 4.78 is 0. The minimum absolute atomic E-state index is 0.198. The smallest absolute Gasteiger partial charge is 0.224 e. The molecule has 1 aliphatic carbocycles. The summed E-state index contributed by atoms with van der Waals surface area (Å²) in [7, 11) is 2.07. The molecule has 1 amide bonds. The van der Waals surface area contributed by atoms with Crippen LogP contribution in [-0.2, 0) is 4.79 Å². The van der Waals surface area contributed by atoms with E-state index in [1.54, 1.807) is 0 Å². The van der Waals surface area contributed by atoms with E-state index in [0.717, 1.165) is 26.1 Å². The van der Waals surface area contributed by atoms with Gasteiger partial charge in [-0.05, 0) is 44.8 Å². The third-order valence-corrected chi connectivity index (χ3v) is 3.79. The molecule has 15 heavy (non-hydrogen) atoms. The van der Waals surface area contributed by atoms with Gasteiger partial charge in [-0.3, -0.25) is 4.79 Å². The molecule has 1 atom stereocenters. The molecule has 3 N–H and O–H groups in total. The molecular formula is C11H21N3O. The molecule has 86 valence electrons. The SMILES string of the molecule is CN1CCC(C(=O)NCC2(CN)CC2)C1. The average molecular weight is 211 g/mol. The average Bonchev–Trinajstić information content (AvgIpc) is 2.90. The fourth-order valence-corrected chi connectivity index (χ4v) is 2.20. The van der Waals surface area contributed by atoms with Gasteiger partial charge in [-0.2, -0.15) is 0 Å². The number of likely N-dealkylation sites (tertiary alicyclic amines) is 1. The number of amides is 1. The largest absolute Gasteiger partial charge is 0.355 e. The van der Waals surface area contributed by atoms with Gasteiger partial charge in [-0.1, -0.05) is 0 Å². The fraction of sp³-hybridized carbons (Fsp3) is 0.909. The predicted molar refractivity (Wildman–Crippen MR) is 59.3 cm³/mol. The minimum Gasteiger partial charge on any atom is -0.355 e. The van der Waals surface area contributed by atoms with Crippen molar-refractivity contribution in [2.24, 2.45) is 17.1 Å². The van der Waals surface area contributed by atoms with E-state index in [1.165, 1.54) is 12.8 Å². The predicted octanol–water partition coefficient (Wildman–Crippen LogP) is -0.207. The molecule has 4 heteroatoms. The Bertz CT molecular complexity index is 250. The summed E-state index contributed by atoms with van der Waals surface area (Å²) >= 11 is 0. The summed E-state index contributed by atoms with van der Waals surface area (Å²) in [6, 6.07) is 0. The zero-order valence-electron chi connectivity index (χ0n) is 9.46. The van der Waals surface area contributed by atoms with Gasteiger partial charge in [0.25, 0.3) is 0 Å². The number of rotatable bonds is 4. The highest BCUT2D eigenvalue weighted by Gasteiger charge is 2.41. The quantitative estimate of drug-likeness (QED) is 0.676. The number of nitrogens with two attached hydrogens (primary N) is 1. The Morgan fingerprint density at radius 1 is 1.60 bits per heavy atom. The maximum Gasteiger partial charge on any atom is 0.224 e. The van der Waals surface area contributed by atoms with Crippen molar-refractivity contribution in [3.05, 3.63) is 0 Å². The van der Waals surface area contributed by atoms with Crippen molar-refractivity contribution in [3.63, 3.8) is 0 Å². The Morgan fingerprint density at radius 2 is 2.33 bits per heavy atom. The number of hydrogen-bond donors (Lipinski definition) is 2. The van der Waals surface area contributed by atoms with Crippen LogP contribution in [0.5, 0.6) is 0 Å². The van der Waals surface area contributed by atoms with E-state index in [0.29, 0.717) is 6.54 Å². The Kier molecular flexibility index (Phi) is 2.98. The molecule has 0 aromatic heterocycles. The summed E-state index contributed by atoms with van der Waals surface area (Å²) in [6.07, 6.45) is 3.35. The summed E-state index contributed by atoms with van der Waals surface area (Å²) in [6.45, 7) is 3.43. The number of hydrogen-bond acceptors (Lipinski definition) is 3. The Balaban J connectivity index is 1.73. The Labute approximate surface area is 91.2 Å². The molecule has 4 nitrogen and oxygen atoms in total. The van der Waals surface area contributed by atoms with E-state index in [-0.39, 0.29) is 17.2 Å². The van der Waals surface area contributed by atoms with Gasteiger partial charge in [0.15, 0.2) is 0 Å². The van der Waals surface area contributed by atoms with Crippen LogP contribution >= 0.6 is 0 Å². The highest BCUT2D eigenvalue weighted by Crippen LogP contribution is 2.43. The normalized spacial score (nSPS) is 29.1. The molecule has 1 heterocycles. The van der Waals surface area contributed by atoms with E-state index in [2.05, 4.69) is 17.3 Å². The van der Waals surface area contributed by atoms with Crippen molar-refractivity contribution in [2.45, 2.75) is 19.3 Å². The standard InChI is InChI=1S/C11H21N3O/c1-14-5-2-9(6-14)10(15)13-8-11(7-12)3-4-11/h9H,2-8,12H2,1H3,(H,13,15). The number of carbonyl (C=O) groups is 1. The number of carbonyl (C=O) groups excluding carboxylic acids is 1. The van der Waals surface area contributed by atoms with Gasteiger partial charge in [0.1, 0.15) is 0 Å². The third-order valence-electron chi connectivity index (χ3n) is 3.79. The van der Waals surface area contributed by atoms with Crippen molar-refractivity contribution in [3.8, 4) is 0 Å². The maximum absolute atomic E-state index is 11.8. The van der Waals surface area contributed by atoms with Crippen LogP contribution in [0.4, 0.5) is 0 Å². The first-order chi connectivity index (χ1) is 7.15. The number of nitrogens with one attached hydrogen (secondary N) is 1. The van der Waals surface area contributed by atoms with Crippen molar-refractivity contribution in [2.75, 3.05) is 33.2 Å². The third kappa shape index (κ3) is 2.49. The first-order valence-electron chi connectivity index (χ1n) is 5.81. The van der Waals surface area contributed by atoms with Gasteiger partial charge in [0.05, 0.1) is 5.92 Å². The molecule has 2 rings (SSSR count). The van der Waals surface area contributed by atoms with Crippen LogP contribution in [0.15, 0.2) is 0 Å². The summed E-state index contributed by atoms with van der Waals surface area (Å²) in [5.74, 6) is 0.419. The zero-order valence-corrected chi connectivity index (χ0v) is 9.46. The lowest BCUT2D eigenvalue weighted by Gasteiger charge is -2.16. The van der Waals surface area contributed by atoms with Crippen molar-refractivity contribution in [1.29, 1.82) is 0 Å². The van der Waals surface area contributed by atoms with E-state index in [9.17, 15) is 4.79 Å². The lowest BCUT2D eigenvalue weighted by molar-refractivity contribution is -0.124. The molecule has 1 saturated heterocycles. The van der Waals surface area contributed by atoms with Crippen molar-refractivity contribution < 1.29 is 4.79 Å². The van der Waals surface area contributed by atoms with Crippen LogP contribution in [0.25, 0.3) is 0 Å². The van der Waals surface area contributed by atoms with Crippen LogP contribution in [0, 0.1) is 11.3 Å². The summed E-state index contributed by atoms with van der Waals surface area (Å²) in [4.78, 5) is 14.0. The van der Waals surface area contributed by atoms with Crippen molar-refractivity contribution in [1.82, 2.24) is 10.2 Å². The molecule has 2 aliphatic rings. The molecular weight excluding hydrogens is 190 g/mol. The molecule has 2 fully saturated rings. The molecule has 0 spiro atoms. The van der Waals surface area contributed by atoms with Crippen LogP contribution in [-0.4, -0.2) is 44.0 Å². The molecule has 1 unspecified atom stereocenters. The van der Waals surface area contributed by atoms with E-state index in [1.807, 2.05) is 0 Å². The Hall–Kier alpha value is -0.610. The monoisotopic (exact) mass is 211 g/mol. The lowest BCUT2D eigenvalue weighted by Crippen LogP contribution is -2.38. The van der Waals surface area contributed by atoms with Gasteiger partial charge in [0.2, 0.25) is 5.91 Å². The zero-order chi connectivity index (χ0) is 10.9. The second kappa shape index (κ2) is 4.10. The summed E-state index contributed by atoms with van der Waals surface area (Å²) in [5.41, 5.74) is 5.92. The van der Waals surface area contributed by atoms with E-state index < -0.39 is 0 Å². The van der Waals surface area contributed by atoms with E-state index in [4.69, 9.17) is 5.73 Å². The van der Waals surface area contributed by atoms with Crippen LogP contribution < -0.4 is 11.1 Å². The first-order valence-corrected chi connectivity index (χ1v) is 5.81. The maximum atomic E-state index is 11.8. The summed E-state index contributed by atoms with van der Waals surface area (Å²) in [5, 5.41) is 3.05. The van der Waals surface area contributed by atoms with Gasteiger partial charge >= 0.3 is 0 Å². The van der Waals surface area contributed by atoms with Gasteiger partial charge < -0.3 is 16.0 Å². The highest BCUT2D eigenvalue weighted by atomic mass is 16.1.